The molecule has 0 aliphatic heterocycles. The Labute approximate surface area is 171 Å². The van der Waals surface area contributed by atoms with Crippen molar-refractivity contribution >= 4 is 27.4 Å². The van der Waals surface area contributed by atoms with Crippen LogP contribution in [0.15, 0.2) is 40.6 Å². The van der Waals surface area contributed by atoms with Crippen molar-refractivity contribution in [2.45, 2.75) is 43.0 Å². The monoisotopic (exact) mass is 421 g/mol. The van der Waals surface area contributed by atoms with Gasteiger partial charge in [0.05, 0.1) is 12.6 Å². The lowest BCUT2D eigenvalue weighted by Gasteiger charge is -2.29. The molecule has 2 aromatic rings. The standard InChI is InChI=1S/C20H27N3O3S2/c1-4-13-23(18-11-9-15-7-5-6-8-17(15)18)20(24)21-14-16-10-12-19(27-16)28(25,26)22(2)3/h5-8,10,12,18H,4,9,11,13-14H2,1-3H3,(H,21,24)/t18-/m0/s1. The molecule has 1 N–H and O–H groups in total. The van der Waals surface area contributed by atoms with Gasteiger partial charge in [0.25, 0.3) is 10.0 Å². The first-order chi connectivity index (χ1) is 13.3. The Bertz CT molecular complexity index is 938. The molecule has 1 heterocycles. The van der Waals surface area contributed by atoms with Gasteiger partial charge >= 0.3 is 6.03 Å². The molecule has 2 amide bonds. The third kappa shape index (κ3) is 4.24. The van der Waals surface area contributed by atoms with Crippen molar-refractivity contribution < 1.29 is 13.2 Å². The Balaban J connectivity index is 1.69. The molecule has 0 saturated carbocycles. The molecular formula is C20H27N3O3S2. The Morgan fingerprint density at radius 3 is 2.68 bits per heavy atom. The molecule has 6 nitrogen and oxygen atoms in total. The van der Waals surface area contributed by atoms with Crippen LogP contribution in [-0.2, 0) is 23.0 Å². The second-order valence-electron chi connectivity index (χ2n) is 7.11. The van der Waals surface area contributed by atoms with Crippen LogP contribution >= 0.6 is 11.3 Å². The number of hydrogen-bond donors (Lipinski definition) is 1. The van der Waals surface area contributed by atoms with Crippen LogP contribution in [0.25, 0.3) is 0 Å². The second-order valence-corrected chi connectivity index (χ2v) is 10.7. The Morgan fingerprint density at radius 2 is 1.96 bits per heavy atom. The molecule has 0 spiro atoms. The summed E-state index contributed by atoms with van der Waals surface area (Å²) in [5.41, 5.74) is 2.56. The highest BCUT2D eigenvalue weighted by atomic mass is 32.2. The summed E-state index contributed by atoms with van der Waals surface area (Å²) in [5, 5.41) is 2.97. The first-order valence-electron chi connectivity index (χ1n) is 9.48. The number of sulfonamides is 1. The average molecular weight is 422 g/mol. The predicted octanol–water partition coefficient (Wildman–Crippen LogP) is 3.61. The van der Waals surface area contributed by atoms with E-state index in [0.717, 1.165) is 24.1 Å². The Morgan fingerprint density at radius 1 is 1.21 bits per heavy atom. The Hall–Kier alpha value is -1.90. The van der Waals surface area contributed by atoms with Gasteiger partial charge in [-0.05, 0) is 42.5 Å². The van der Waals surface area contributed by atoms with E-state index in [1.54, 1.807) is 12.1 Å². The minimum absolute atomic E-state index is 0.101. The highest BCUT2D eigenvalue weighted by Crippen LogP contribution is 2.35. The first kappa shape index (κ1) is 20.8. The maximum atomic E-state index is 12.9. The minimum Gasteiger partial charge on any atom is -0.333 e. The summed E-state index contributed by atoms with van der Waals surface area (Å²) < 4.78 is 25.9. The van der Waals surface area contributed by atoms with Gasteiger partial charge in [0.1, 0.15) is 4.21 Å². The zero-order valence-electron chi connectivity index (χ0n) is 16.5. The highest BCUT2D eigenvalue weighted by molar-refractivity contribution is 7.91. The number of aryl methyl sites for hydroxylation is 1. The molecule has 0 fully saturated rings. The SMILES string of the molecule is CCCN(C(=O)NCc1ccc(S(=O)(=O)N(C)C)s1)[C@H]1CCc2ccccc21. The number of rotatable bonds is 7. The summed E-state index contributed by atoms with van der Waals surface area (Å²) in [6.45, 7) is 3.08. The van der Waals surface area contributed by atoms with E-state index in [0.29, 0.717) is 13.1 Å². The van der Waals surface area contributed by atoms with Crippen LogP contribution in [0.4, 0.5) is 4.79 Å². The fraction of sp³-hybridized carbons (Fsp3) is 0.450. The maximum Gasteiger partial charge on any atom is 0.318 e. The van der Waals surface area contributed by atoms with Crippen LogP contribution in [0.3, 0.4) is 0 Å². The minimum atomic E-state index is -3.44. The number of nitrogens with zero attached hydrogens (tertiary/aromatic N) is 2. The van der Waals surface area contributed by atoms with Crippen molar-refractivity contribution in [2.24, 2.45) is 0 Å². The summed E-state index contributed by atoms with van der Waals surface area (Å²) in [6.07, 6.45) is 2.82. The summed E-state index contributed by atoms with van der Waals surface area (Å²) in [6, 6.07) is 11.7. The molecule has 28 heavy (non-hydrogen) atoms. The molecule has 0 radical (unpaired) electrons. The van der Waals surface area contributed by atoms with Crippen LogP contribution in [-0.4, -0.2) is 44.3 Å². The van der Waals surface area contributed by atoms with E-state index >= 15 is 0 Å². The number of urea groups is 1. The smallest absolute Gasteiger partial charge is 0.318 e. The summed E-state index contributed by atoms with van der Waals surface area (Å²) >= 11 is 1.19. The van der Waals surface area contributed by atoms with Crippen LogP contribution < -0.4 is 5.32 Å². The lowest BCUT2D eigenvalue weighted by atomic mass is 10.1. The predicted molar refractivity (Wildman–Crippen MR) is 112 cm³/mol. The lowest BCUT2D eigenvalue weighted by molar-refractivity contribution is 0.173. The van der Waals surface area contributed by atoms with Gasteiger partial charge in [-0.15, -0.1) is 11.3 Å². The van der Waals surface area contributed by atoms with Crippen LogP contribution in [0.2, 0.25) is 0 Å². The van der Waals surface area contributed by atoms with Crippen molar-refractivity contribution in [1.82, 2.24) is 14.5 Å². The zero-order chi connectivity index (χ0) is 20.3. The fourth-order valence-electron chi connectivity index (χ4n) is 3.53. The molecule has 0 bridgehead atoms. The third-order valence-electron chi connectivity index (χ3n) is 4.99. The van der Waals surface area contributed by atoms with E-state index < -0.39 is 10.0 Å². The van der Waals surface area contributed by atoms with E-state index in [-0.39, 0.29) is 16.3 Å². The van der Waals surface area contributed by atoms with Gasteiger partial charge in [0.2, 0.25) is 0 Å². The van der Waals surface area contributed by atoms with Crippen LogP contribution in [0.1, 0.15) is 41.8 Å². The number of carbonyl (C=O) groups is 1. The average Bonchev–Trinajstić information content (AvgIpc) is 3.31. The number of hydrogen-bond acceptors (Lipinski definition) is 4. The van der Waals surface area contributed by atoms with Crippen molar-refractivity contribution in [3.8, 4) is 0 Å². The molecule has 3 rings (SSSR count). The van der Waals surface area contributed by atoms with Gasteiger partial charge in [-0.25, -0.2) is 17.5 Å². The van der Waals surface area contributed by atoms with Gasteiger partial charge < -0.3 is 10.2 Å². The van der Waals surface area contributed by atoms with Crippen LogP contribution in [0, 0.1) is 0 Å². The molecule has 152 valence electrons. The molecule has 0 unspecified atom stereocenters. The third-order valence-corrected chi connectivity index (χ3v) is 8.36. The molecule has 1 aliphatic carbocycles. The maximum absolute atomic E-state index is 12.9. The number of fused-ring (bicyclic) bond motifs is 1. The summed E-state index contributed by atoms with van der Waals surface area (Å²) in [7, 11) is -0.412. The molecule has 8 heteroatoms. The number of carbonyl (C=O) groups excluding carboxylic acids is 1. The first-order valence-corrected chi connectivity index (χ1v) is 11.7. The molecule has 1 aromatic carbocycles. The van der Waals surface area contributed by atoms with Gasteiger partial charge in [-0.1, -0.05) is 31.2 Å². The van der Waals surface area contributed by atoms with Crippen molar-refractivity contribution in [3.05, 3.63) is 52.4 Å². The lowest BCUT2D eigenvalue weighted by Crippen LogP contribution is -2.41. The van der Waals surface area contributed by atoms with Crippen LogP contribution in [0.5, 0.6) is 0 Å². The molecule has 1 aromatic heterocycles. The molecule has 1 atom stereocenters. The van der Waals surface area contributed by atoms with E-state index in [4.69, 9.17) is 0 Å². The summed E-state index contributed by atoms with van der Waals surface area (Å²) in [5.74, 6) is 0. The quantitative estimate of drug-likeness (QED) is 0.742. The van der Waals surface area contributed by atoms with Gasteiger partial charge in [-0.3, -0.25) is 0 Å². The van der Waals surface area contributed by atoms with Crippen molar-refractivity contribution in [3.63, 3.8) is 0 Å². The second kappa shape index (κ2) is 8.63. The van der Waals surface area contributed by atoms with Crippen molar-refractivity contribution in [1.29, 1.82) is 0 Å². The topological polar surface area (TPSA) is 69.7 Å². The van der Waals surface area contributed by atoms with Gasteiger partial charge in [-0.2, -0.15) is 0 Å². The summed E-state index contributed by atoms with van der Waals surface area (Å²) in [4.78, 5) is 15.6. The largest absolute Gasteiger partial charge is 0.333 e. The number of amides is 2. The number of thiophene rings is 1. The molecule has 0 saturated heterocycles. The van der Waals surface area contributed by atoms with E-state index in [1.807, 2.05) is 17.0 Å². The number of benzene rings is 1. The molecular weight excluding hydrogens is 394 g/mol. The number of nitrogens with one attached hydrogen (secondary N) is 1. The highest BCUT2D eigenvalue weighted by Gasteiger charge is 2.30. The van der Waals surface area contributed by atoms with Crippen molar-refractivity contribution in [2.75, 3.05) is 20.6 Å². The zero-order valence-corrected chi connectivity index (χ0v) is 18.1. The van der Waals surface area contributed by atoms with E-state index in [2.05, 4.69) is 24.4 Å². The normalized spacial score (nSPS) is 16.2. The van der Waals surface area contributed by atoms with Gasteiger partial charge in [0.15, 0.2) is 0 Å². The van der Waals surface area contributed by atoms with Gasteiger partial charge in [0, 0.05) is 25.5 Å². The fourth-order valence-corrected chi connectivity index (χ4v) is 6.00. The molecule has 1 aliphatic rings. The Kier molecular flexibility index (Phi) is 6.42. The van der Waals surface area contributed by atoms with E-state index in [1.165, 1.54) is 40.9 Å². The van der Waals surface area contributed by atoms with E-state index in [9.17, 15) is 13.2 Å².